The Morgan fingerprint density at radius 2 is 1.95 bits per heavy atom. The quantitative estimate of drug-likeness (QED) is 0.773. The first-order valence-electron chi connectivity index (χ1n) is 7.06. The number of rotatable bonds is 5. The highest BCUT2D eigenvalue weighted by atomic mass is 16.5. The van der Waals surface area contributed by atoms with Crippen molar-refractivity contribution in [1.82, 2.24) is 5.32 Å². The molecule has 0 unspecified atom stereocenters. The second kappa shape index (κ2) is 6.61. The summed E-state index contributed by atoms with van der Waals surface area (Å²) in [6, 6.07) is 7.07. The molecule has 0 spiro atoms. The Morgan fingerprint density at radius 1 is 1.30 bits per heavy atom. The molecule has 2 rings (SSSR count). The lowest BCUT2D eigenvalue weighted by atomic mass is 9.86. The first-order valence-corrected chi connectivity index (χ1v) is 7.06. The Hall–Kier alpha value is -1.75. The first-order chi connectivity index (χ1) is 9.67. The van der Waals surface area contributed by atoms with Crippen LogP contribution in [0.3, 0.4) is 0 Å². The standard InChI is InChI=1S/C15H23N3O2/c1-20-13-6-4-12(5-7-13)18-14(19)17-11-15(10-16)8-2-3-9-15/h4-7H,2-3,8-11,16H2,1H3,(H2,17,18,19). The molecule has 110 valence electrons. The highest BCUT2D eigenvalue weighted by Gasteiger charge is 2.32. The van der Waals surface area contributed by atoms with Crippen molar-refractivity contribution in [2.24, 2.45) is 11.1 Å². The number of ether oxygens (including phenoxy) is 1. The Kier molecular flexibility index (Phi) is 4.84. The van der Waals surface area contributed by atoms with Crippen molar-refractivity contribution >= 4 is 11.7 Å². The number of nitrogens with one attached hydrogen (secondary N) is 2. The molecule has 0 atom stereocenters. The van der Waals surface area contributed by atoms with Gasteiger partial charge in [0, 0.05) is 17.6 Å². The molecule has 5 nitrogen and oxygen atoms in total. The van der Waals surface area contributed by atoms with Crippen LogP contribution in [0.15, 0.2) is 24.3 Å². The molecule has 1 fully saturated rings. The van der Waals surface area contributed by atoms with Crippen LogP contribution in [0.4, 0.5) is 10.5 Å². The van der Waals surface area contributed by atoms with Gasteiger partial charge in [0.1, 0.15) is 5.75 Å². The number of hydrogen-bond acceptors (Lipinski definition) is 3. The zero-order valence-corrected chi connectivity index (χ0v) is 11.9. The molecule has 1 saturated carbocycles. The molecule has 0 aliphatic heterocycles. The van der Waals surface area contributed by atoms with Gasteiger partial charge in [-0.25, -0.2) is 4.79 Å². The summed E-state index contributed by atoms with van der Waals surface area (Å²) >= 11 is 0. The first kappa shape index (κ1) is 14.7. The van der Waals surface area contributed by atoms with Gasteiger partial charge in [0.25, 0.3) is 0 Å². The number of nitrogens with two attached hydrogens (primary N) is 1. The minimum absolute atomic E-state index is 0.0945. The van der Waals surface area contributed by atoms with Crippen molar-refractivity contribution < 1.29 is 9.53 Å². The van der Waals surface area contributed by atoms with Crippen molar-refractivity contribution in [2.45, 2.75) is 25.7 Å². The maximum absolute atomic E-state index is 11.9. The van der Waals surface area contributed by atoms with Gasteiger partial charge in [-0.15, -0.1) is 0 Å². The Bertz CT molecular complexity index is 439. The molecule has 0 bridgehead atoms. The Balaban J connectivity index is 1.82. The zero-order chi connectivity index (χ0) is 14.4. The van der Waals surface area contributed by atoms with Gasteiger partial charge >= 0.3 is 6.03 Å². The minimum atomic E-state index is -0.185. The van der Waals surface area contributed by atoms with Crippen molar-refractivity contribution in [1.29, 1.82) is 0 Å². The molecule has 4 N–H and O–H groups in total. The topological polar surface area (TPSA) is 76.4 Å². The van der Waals surface area contributed by atoms with Crippen LogP contribution >= 0.6 is 0 Å². The van der Waals surface area contributed by atoms with Gasteiger partial charge < -0.3 is 21.1 Å². The molecule has 0 heterocycles. The van der Waals surface area contributed by atoms with Gasteiger partial charge in [-0.2, -0.15) is 0 Å². The molecule has 1 aliphatic carbocycles. The molecule has 0 saturated heterocycles. The van der Waals surface area contributed by atoms with Gasteiger partial charge in [-0.1, -0.05) is 12.8 Å². The van der Waals surface area contributed by atoms with Crippen LogP contribution in [0, 0.1) is 5.41 Å². The highest BCUT2D eigenvalue weighted by Crippen LogP contribution is 2.36. The molecule has 1 aromatic rings. The van der Waals surface area contributed by atoms with Crippen molar-refractivity contribution in [2.75, 3.05) is 25.5 Å². The van der Waals surface area contributed by atoms with E-state index in [1.165, 1.54) is 12.8 Å². The molecule has 5 heteroatoms. The largest absolute Gasteiger partial charge is 0.497 e. The monoisotopic (exact) mass is 277 g/mol. The van der Waals surface area contributed by atoms with E-state index in [0.717, 1.165) is 24.3 Å². The molecule has 0 aromatic heterocycles. The number of benzene rings is 1. The molecule has 1 aromatic carbocycles. The lowest BCUT2D eigenvalue weighted by Gasteiger charge is -2.27. The molecule has 0 radical (unpaired) electrons. The smallest absolute Gasteiger partial charge is 0.319 e. The third-order valence-corrected chi connectivity index (χ3v) is 4.07. The number of carbonyl (C=O) groups is 1. The van der Waals surface area contributed by atoms with Crippen LogP contribution in [0.25, 0.3) is 0 Å². The summed E-state index contributed by atoms with van der Waals surface area (Å²) in [5.41, 5.74) is 6.70. The van der Waals surface area contributed by atoms with E-state index in [0.29, 0.717) is 13.1 Å². The van der Waals surface area contributed by atoms with E-state index in [1.54, 1.807) is 7.11 Å². The van der Waals surface area contributed by atoms with E-state index in [-0.39, 0.29) is 11.4 Å². The highest BCUT2D eigenvalue weighted by molar-refractivity contribution is 5.89. The van der Waals surface area contributed by atoms with Crippen LogP contribution in [0.1, 0.15) is 25.7 Å². The van der Waals surface area contributed by atoms with E-state index in [9.17, 15) is 4.79 Å². The number of hydrogen-bond donors (Lipinski definition) is 3. The van der Waals surface area contributed by atoms with Crippen LogP contribution in [0.2, 0.25) is 0 Å². The predicted molar refractivity (Wildman–Crippen MR) is 80.0 cm³/mol. The van der Waals surface area contributed by atoms with Gasteiger partial charge in [-0.05, 0) is 43.7 Å². The maximum atomic E-state index is 11.9. The van der Waals surface area contributed by atoms with Crippen LogP contribution in [-0.4, -0.2) is 26.2 Å². The fraction of sp³-hybridized carbons (Fsp3) is 0.533. The van der Waals surface area contributed by atoms with Crippen molar-refractivity contribution in [3.63, 3.8) is 0 Å². The van der Waals surface area contributed by atoms with E-state index < -0.39 is 0 Å². The summed E-state index contributed by atoms with van der Waals surface area (Å²) in [5, 5.41) is 5.74. The zero-order valence-electron chi connectivity index (χ0n) is 11.9. The third kappa shape index (κ3) is 3.63. The number of methoxy groups -OCH3 is 1. The maximum Gasteiger partial charge on any atom is 0.319 e. The average molecular weight is 277 g/mol. The number of anilines is 1. The summed E-state index contributed by atoms with van der Waals surface area (Å²) in [7, 11) is 1.61. The Morgan fingerprint density at radius 3 is 2.50 bits per heavy atom. The van der Waals surface area contributed by atoms with Gasteiger partial charge in [0.2, 0.25) is 0 Å². The van der Waals surface area contributed by atoms with E-state index >= 15 is 0 Å². The molecular weight excluding hydrogens is 254 g/mol. The molecule has 20 heavy (non-hydrogen) atoms. The van der Waals surface area contributed by atoms with E-state index in [4.69, 9.17) is 10.5 Å². The van der Waals surface area contributed by atoms with E-state index in [1.807, 2.05) is 24.3 Å². The summed E-state index contributed by atoms with van der Waals surface area (Å²) < 4.78 is 5.07. The van der Waals surface area contributed by atoms with Gasteiger partial charge in [0.15, 0.2) is 0 Å². The predicted octanol–water partition coefficient (Wildman–Crippen LogP) is 2.34. The number of amides is 2. The summed E-state index contributed by atoms with van der Waals surface area (Å²) in [5.74, 6) is 0.768. The van der Waals surface area contributed by atoms with Crippen LogP contribution < -0.4 is 21.1 Å². The summed E-state index contributed by atoms with van der Waals surface area (Å²) in [6.07, 6.45) is 4.62. The fourth-order valence-electron chi connectivity index (χ4n) is 2.70. The number of carbonyl (C=O) groups excluding carboxylic acids is 1. The summed E-state index contributed by atoms with van der Waals surface area (Å²) in [6.45, 7) is 1.28. The molecular formula is C15H23N3O2. The van der Waals surface area contributed by atoms with Crippen molar-refractivity contribution in [3.05, 3.63) is 24.3 Å². The van der Waals surface area contributed by atoms with Gasteiger partial charge in [0.05, 0.1) is 7.11 Å². The minimum Gasteiger partial charge on any atom is -0.497 e. The SMILES string of the molecule is COc1ccc(NC(=O)NCC2(CN)CCCC2)cc1. The van der Waals surface area contributed by atoms with Crippen LogP contribution in [0.5, 0.6) is 5.75 Å². The average Bonchev–Trinajstić information content (AvgIpc) is 2.95. The van der Waals surface area contributed by atoms with Gasteiger partial charge in [-0.3, -0.25) is 0 Å². The molecule has 1 aliphatic rings. The summed E-state index contributed by atoms with van der Waals surface area (Å²) in [4.78, 5) is 11.9. The van der Waals surface area contributed by atoms with Crippen molar-refractivity contribution in [3.8, 4) is 5.75 Å². The fourth-order valence-corrected chi connectivity index (χ4v) is 2.70. The number of urea groups is 1. The third-order valence-electron chi connectivity index (χ3n) is 4.07. The second-order valence-electron chi connectivity index (χ2n) is 5.45. The normalized spacial score (nSPS) is 16.7. The lowest BCUT2D eigenvalue weighted by molar-refractivity contribution is 0.239. The Labute approximate surface area is 119 Å². The van der Waals surface area contributed by atoms with Crippen LogP contribution in [-0.2, 0) is 0 Å². The lowest BCUT2D eigenvalue weighted by Crippen LogP contribution is -2.42. The van der Waals surface area contributed by atoms with E-state index in [2.05, 4.69) is 10.6 Å². The second-order valence-corrected chi connectivity index (χ2v) is 5.45. The molecule has 2 amide bonds.